The highest BCUT2D eigenvalue weighted by Crippen LogP contribution is 2.38. The van der Waals surface area contributed by atoms with E-state index in [9.17, 15) is 9.59 Å². The molecular formula is C22H23N5O3S. The monoisotopic (exact) mass is 437 g/mol. The number of hydrogen-bond acceptors (Lipinski definition) is 7. The highest BCUT2D eigenvalue weighted by atomic mass is 32.1. The molecule has 1 aromatic carbocycles. The summed E-state index contributed by atoms with van der Waals surface area (Å²) in [4.78, 5) is 30.5. The molecule has 160 valence electrons. The summed E-state index contributed by atoms with van der Waals surface area (Å²) in [5, 5.41) is 9.19. The van der Waals surface area contributed by atoms with Gasteiger partial charge in [-0.2, -0.15) is 5.10 Å². The summed E-state index contributed by atoms with van der Waals surface area (Å²) in [5.74, 6) is 0.957. The van der Waals surface area contributed by atoms with E-state index in [1.54, 1.807) is 17.0 Å². The van der Waals surface area contributed by atoms with Gasteiger partial charge in [0.2, 0.25) is 0 Å². The van der Waals surface area contributed by atoms with E-state index in [0.29, 0.717) is 47.3 Å². The first-order valence-corrected chi connectivity index (χ1v) is 11.1. The van der Waals surface area contributed by atoms with Gasteiger partial charge >= 0.3 is 6.09 Å². The summed E-state index contributed by atoms with van der Waals surface area (Å²) in [6, 6.07) is 9.07. The third-order valence-corrected chi connectivity index (χ3v) is 7.39. The number of fused-ring (bicyclic) bond motifs is 2. The molecule has 2 amide bonds. The van der Waals surface area contributed by atoms with E-state index in [1.165, 1.54) is 11.3 Å². The lowest BCUT2D eigenvalue weighted by Crippen LogP contribution is -2.36. The number of aryl methyl sites for hydroxylation is 2. The van der Waals surface area contributed by atoms with E-state index in [-0.39, 0.29) is 23.8 Å². The lowest BCUT2D eigenvalue weighted by atomic mass is 10.0. The number of rotatable bonds is 2. The van der Waals surface area contributed by atoms with Crippen molar-refractivity contribution in [3.63, 3.8) is 0 Å². The minimum Gasteiger partial charge on any atom is -0.410 e. The number of carbonyl (C=O) groups is 2. The fourth-order valence-corrected chi connectivity index (χ4v) is 5.57. The molecule has 4 heterocycles. The number of anilines is 1. The molecule has 5 rings (SSSR count). The molecule has 3 aromatic rings. The maximum absolute atomic E-state index is 13.2. The number of nitrogens with zero attached hydrogens (tertiary/aromatic N) is 4. The molecule has 0 bridgehead atoms. The zero-order chi connectivity index (χ0) is 21.7. The third kappa shape index (κ3) is 3.38. The Morgan fingerprint density at radius 3 is 2.35 bits per heavy atom. The number of nitrogen functional groups attached to an aromatic ring is 1. The minimum absolute atomic E-state index is 0.0645. The van der Waals surface area contributed by atoms with Crippen LogP contribution in [0, 0.1) is 25.7 Å². The summed E-state index contributed by atoms with van der Waals surface area (Å²) in [5.41, 5.74) is 8.62. The molecule has 2 unspecified atom stereocenters. The Labute approximate surface area is 183 Å². The van der Waals surface area contributed by atoms with E-state index in [0.717, 1.165) is 16.6 Å². The predicted molar refractivity (Wildman–Crippen MR) is 118 cm³/mol. The highest BCUT2D eigenvalue weighted by Gasteiger charge is 2.44. The standard InChI is InChI=1S/C22H23N5O3S/c1-12-13(2)24-25-20-17(12)18(23)19(31-20)21(28)26-8-14-10-27(11-15(14)9-26)22(29)30-16-6-4-3-5-7-16/h3-7,14-15H,8-11,23H2,1-2H3. The Hall–Kier alpha value is -3.20. The van der Waals surface area contributed by atoms with E-state index >= 15 is 0 Å². The van der Waals surface area contributed by atoms with Gasteiger partial charge in [-0.3, -0.25) is 4.79 Å². The van der Waals surface area contributed by atoms with Crippen molar-refractivity contribution in [3.05, 3.63) is 46.5 Å². The van der Waals surface area contributed by atoms with E-state index in [4.69, 9.17) is 10.5 Å². The van der Waals surface area contributed by atoms with Crippen LogP contribution in [0.4, 0.5) is 10.5 Å². The van der Waals surface area contributed by atoms with Gasteiger partial charge in [0, 0.05) is 43.4 Å². The molecule has 2 N–H and O–H groups in total. The molecule has 8 nitrogen and oxygen atoms in total. The quantitative estimate of drug-likeness (QED) is 0.661. The number of benzene rings is 1. The molecular weight excluding hydrogens is 414 g/mol. The number of carbonyl (C=O) groups excluding carboxylic acids is 2. The fraction of sp³-hybridized carbons (Fsp3) is 0.364. The maximum atomic E-state index is 13.2. The van der Waals surface area contributed by atoms with Crippen LogP contribution < -0.4 is 10.5 Å². The summed E-state index contributed by atoms with van der Waals surface area (Å²) in [6.45, 7) is 6.23. The number of para-hydroxylation sites is 1. The molecule has 0 spiro atoms. The van der Waals surface area contributed by atoms with Crippen LogP contribution in [0.3, 0.4) is 0 Å². The van der Waals surface area contributed by atoms with Crippen molar-refractivity contribution in [2.75, 3.05) is 31.9 Å². The largest absolute Gasteiger partial charge is 0.415 e. The summed E-state index contributed by atoms with van der Waals surface area (Å²) in [6.07, 6.45) is -0.336. The second-order valence-electron chi connectivity index (χ2n) is 8.25. The number of ether oxygens (including phenoxy) is 1. The smallest absolute Gasteiger partial charge is 0.410 e. The molecule has 0 aliphatic carbocycles. The molecule has 31 heavy (non-hydrogen) atoms. The van der Waals surface area contributed by atoms with Gasteiger partial charge in [0.05, 0.1) is 11.4 Å². The van der Waals surface area contributed by atoms with Gasteiger partial charge in [-0.05, 0) is 31.5 Å². The normalized spacial score (nSPS) is 20.3. The topological polar surface area (TPSA) is 102 Å². The number of aromatic nitrogens is 2. The van der Waals surface area contributed by atoms with Crippen LogP contribution in [0.15, 0.2) is 30.3 Å². The molecule has 0 radical (unpaired) electrons. The summed E-state index contributed by atoms with van der Waals surface area (Å²) < 4.78 is 5.46. The van der Waals surface area contributed by atoms with Gasteiger partial charge in [-0.15, -0.1) is 16.4 Å². The van der Waals surface area contributed by atoms with Crippen LogP contribution in [0.2, 0.25) is 0 Å². The average Bonchev–Trinajstić information content (AvgIpc) is 3.43. The van der Waals surface area contributed by atoms with Gasteiger partial charge in [0.1, 0.15) is 15.5 Å². The highest BCUT2D eigenvalue weighted by molar-refractivity contribution is 7.21. The second kappa shape index (κ2) is 7.49. The van der Waals surface area contributed by atoms with Crippen LogP contribution in [0.1, 0.15) is 20.9 Å². The predicted octanol–water partition coefficient (Wildman–Crippen LogP) is 3.09. The lowest BCUT2D eigenvalue weighted by molar-refractivity contribution is 0.0780. The zero-order valence-electron chi connectivity index (χ0n) is 17.4. The van der Waals surface area contributed by atoms with Crippen LogP contribution in [-0.4, -0.2) is 58.2 Å². The number of nitrogens with two attached hydrogens (primary N) is 1. The molecule has 2 aromatic heterocycles. The Balaban J connectivity index is 1.27. The molecule has 0 saturated carbocycles. The van der Waals surface area contributed by atoms with Crippen LogP contribution in [0.5, 0.6) is 5.75 Å². The summed E-state index contributed by atoms with van der Waals surface area (Å²) >= 11 is 1.30. The minimum atomic E-state index is -0.336. The van der Waals surface area contributed by atoms with E-state index in [1.807, 2.05) is 36.9 Å². The Morgan fingerprint density at radius 2 is 1.68 bits per heavy atom. The van der Waals surface area contributed by atoms with Gasteiger partial charge in [-0.25, -0.2) is 4.79 Å². The average molecular weight is 438 g/mol. The second-order valence-corrected chi connectivity index (χ2v) is 9.25. The van der Waals surface area contributed by atoms with Crippen molar-refractivity contribution >= 4 is 39.2 Å². The van der Waals surface area contributed by atoms with Crippen molar-refractivity contribution in [2.45, 2.75) is 13.8 Å². The number of amides is 2. The van der Waals surface area contributed by atoms with Crippen molar-refractivity contribution in [3.8, 4) is 5.75 Å². The number of likely N-dealkylation sites (tertiary alicyclic amines) is 2. The first kappa shape index (κ1) is 19.7. The van der Waals surface area contributed by atoms with E-state index in [2.05, 4.69) is 10.2 Å². The molecule has 2 atom stereocenters. The van der Waals surface area contributed by atoms with Gasteiger partial charge in [0.15, 0.2) is 0 Å². The lowest BCUT2D eigenvalue weighted by Gasteiger charge is -2.21. The summed E-state index contributed by atoms with van der Waals surface area (Å²) in [7, 11) is 0. The van der Waals surface area contributed by atoms with Gasteiger partial charge in [0.25, 0.3) is 5.91 Å². The van der Waals surface area contributed by atoms with Crippen LogP contribution >= 0.6 is 11.3 Å². The van der Waals surface area contributed by atoms with Crippen LogP contribution in [0.25, 0.3) is 10.2 Å². The number of hydrogen-bond donors (Lipinski definition) is 1. The Morgan fingerprint density at radius 1 is 1.03 bits per heavy atom. The first-order chi connectivity index (χ1) is 14.9. The maximum Gasteiger partial charge on any atom is 0.415 e. The van der Waals surface area contributed by atoms with Gasteiger partial charge < -0.3 is 20.3 Å². The van der Waals surface area contributed by atoms with Crippen molar-refractivity contribution in [1.82, 2.24) is 20.0 Å². The molecule has 2 aliphatic heterocycles. The molecule has 2 saturated heterocycles. The molecule has 9 heteroatoms. The van der Waals surface area contributed by atoms with Crippen LogP contribution in [-0.2, 0) is 0 Å². The zero-order valence-corrected chi connectivity index (χ0v) is 18.2. The third-order valence-electron chi connectivity index (χ3n) is 6.31. The molecule has 2 aliphatic rings. The Kier molecular flexibility index (Phi) is 4.77. The van der Waals surface area contributed by atoms with Crippen molar-refractivity contribution in [1.29, 1.82) is 0 Å². The van der Waals surface area contributed by atoms with E-state index < -0.39 is 0 Å². The van der Waals surface area contributed by atoms with Crippen molar-refractivity contribution in [2.24, 2.45) is 11.8 Å². The molecule has 2 fully saturated rings. The fourth-order valence-electron chi connectivity index (χ4n) is 4.50. The van der Waals surface area contributed by atoms with Gasteiger partial charge in [-0.1, -0.05) is 18.2 Å². The Bertz CT molecular complexity index is 1160. The SMILES string of the molecule is Cc1nnc2sc(C(=O)N3CC4CN(C(=O)Oc5ccccc5)CC4C3)c(N)c2c1C. The van der Waals surface area contributed by atoms with Crippen molar-refractivity contribution < 1.29 is 14.3 Å². The first-order valence-electron chi connectivity index (χ1n) is 10.2. The number of thiophene rings is 1.